The SMILES string of the molecule is COC1=NC(c2nnc(N[S+]([O-])CCc3cc(C)n(C)n3)n2-c2c(O)cccc2OC)=C=C=C1. The van der Waals surface area contributed by atoms with E-state index < -0.39 is 11.4 Å². The number of phenolic OH excluding ortho intramolecular Hbond substituents is 1. The largest absolute Gasteiger partial charge is 0.593 e. The number of phenols is 1. The average Bonchev–Trinajstić information content (AvgIpc) is 3.39. The first kappa shape index (κ1) is 23.2. The van der Waals surface area contributed by atoms with Crippen LogP contribution in [-0.2, 0) is 29.6 Å². The van der Waals surface area contributed by atoms with Crippen LogP contribution in [0.15, 0.2) is 46.8 Å². The molecule has 0 amide bonds. The Morgan fingerprint density at radius 3 is 2.76 bits per heavy atom. The first-order valence-electron chi connectivity index (χ1n) is 10.2. The van der Waals surface area contributed by atoms with E-state index in [0.717, 1.165) is 11.4 Å². The van der Waals surface area contributed by atoms with Gasteiger partial charge in [-0.2, -0.15) is 9.82 Å². The Hall–Kier alpha value is -3.95. The van der Waals surface area contributed by atoms with Gasteiger partial charge in [-0.15, -0.1) is 10.2 Å². The predicted octanol–water partition coefficient (Wildman–Crippen LogP) is 2.05. The Morgan fingerprint density at radius 1 is 1.24 bits per heavy atom. The normalized spacial score (nSPS) is 13.4. The molecule has 34 heavy (non-hydrogen) atoms. The maximum absolute atomic E-state index is 12.9. The first-order chi connectivity index (χ1) is 16.4. The van der Waals surface area contributed by atoms with E-state index in [1.54, 1.807) is 16.8 Å². The van der Waals surface area contributed by atoms with E-state index in [1.165, 1.54) is 30.9 Å². The van der Waals surface area contributed by atoms with Crippen LogP contribution in [-0.4, -0.2) is 60.1 Å². The second-order valence-electron chi connectivity index (χ2n) is 7.23. The lowest BCUT2D eigenvalue weighted by Gasteiger charge is -2.16. The number of aromatic hydroxyl groups is 1. The van der Waals surface area contributed by atoms with Gasteiger partial charge in [-0.1, -0.05) is 11.8 Å². The number of anilines is 1. The number of nitrogens with zero attached hydrogens (tertiary/aromatic N) is 6. The highest BCUT2D eigenvalue weighted by molar-refractivity contribution is 7.92. The number of hydrogen-bond donors (Lipinski definition) is 2. The molecule has 0 fully saturated rings. The summed E-state index contributed by atoms with van der Waals surface area (Å²) in [6, 6.07) is 6.77. The molecule has 0 spiro atoms. The van der Waals surface area contributed by atoms with E-state index in [4.69, 9.17) is 9.47 Å². The lowest BCUT2D eigenvalue weighted by Crippen LogP contribution is -2.21. The second kappa shape index (κ2) is 9.90. The van der Waals surface area contributed by atoms with Crippen molar-refractivity contribution < 1.29 is 19.1 Å². The summed E-state index contributed by atoms with van der Waals surface area (Å²) in [5.74, 6) is 1.19. The minimum absolute atomic E-state index is 0.0925. The first-order valence-corrected chi connectivity index (χ1v) is 11.5. The summed E-state index contributed by atoms with van der Waals surface area (Å²) in [5.41, 5.74) is 8.06. The van der Waals surface area contributed by atoms with Gasteiger partial charge in [0.2, 0.25) is 5.90 Å². The van der Waals surface area contributed by atoms with Crippen LogP contribution in [0.5, 0.6) is 11.5 Å². The number of nitrogens with one attached hydrogen (secondary N) is 1. The number of aryl methyl sites for hydroxylation is 3. The molecule has 0 saturated heterocycles. The third-order valence-corrected chi connectivity index (χ3v) is 6.01. The van der Waals surface area contributed by atoms with Gasteiger partial charge in [0.15, 0.2) is 11.5 Å². The smallest absolute Gasteiger partial charge is 0.271 e. The zero-order chi connectivity index (χ0) is 24.2. The van der Waals surface area contributed by atoms with Crippen molar-refractivity contribution >= 4 is 28.9 Å². The zero-order valence-electron chi connectivity index (χ0n) is 19.1. The maximum atomic E-state index is 12.9. The van der Waals surface area contributed by atoms with Crippen LogP contribution < -0.4 is 9.46 Å². The molecule has 0 radical (unpaired) electrons. The van der Waals surface area contributed by atoms with Gasteiger partial charge in [0.25, 0.3) is 5.95 Å². The lowest BCUT2D eigenvalue weighted by molar-refractivity contribution is 0.404. The van der Waals surface area contributed by atoms with E-state index in [2.05, 4.69) is 36.5 Å². The Kier molecular flexibility index (Phi) is 6.76. The number of hydrogen-bond acceptors (Lipinski definition) is 9. The number of benzene rings is 1. The van der Waals surface area contributed by atoms with Gasteiger partial charge in [0.05, 0.1) is 37.4 Å². The van der Waals surface area contributed by atoms with Gasteiger partial charge < -0.3 is 19.1 Å². The van der Waals surface area contributed by atoms with Crippen LogP contribution in [0.4, 0.5) is 5.95 Å². The summed E-state index contributed by atoms with van der Waals surface area (Å²) in [4.78, 5) is 4.34. The number of rotatable bonds is 8. The molecular formula is C22H23N7O4S. The third kappa shape index (κ3) is 4.70. The van der Waals surface area contributed by atoms with Gasteiger partial charge in [0, 0.05) is 19.2 Å². The lowest BCUT2D eigenvalue weighted by atomic mass is 10.2. The highest BCUT2D eigenvalue weighted by Gasteiger charge is 2.26. The zero-order valence-corrected chi connectivity index (χ0v) is 19.9. The van der Waals surface area contributed by atoms with E-state index in [-0.39, 0.29) is 34.7 Å². The molecule has 1 aromatic carbocycles. The third-order valence-electron chi connectivity index (χ3n) is 5.03. The summed E-state index contributed by atoms with van der Waals surface area (Å²) >= 11 is -1.53. The van der Waals surface area contributed by atoms with Crippen molar-refractivity contribution in [2.75, 3.05) is 24.7 Å². The molecule has 11 nitrogen and oxygen atoms in total. The van der Waals surface area contributed by atoms with Gasteiger partial charge in [-0.3, -0.25) is 4.68 Å². The van der Waals surface area contributed by atoms with Gasteiger partial charge in [-0.05, 0) is 30.9 Å². The van der Waals surface area contributed by atoms with E-state index in [1.807, 2.05) is 20.0 Å². The highest BCUT2D eigenvalue weighted by atomic mass is 32.2. The van der Waals surface area contributed by atoms with Crippen molar-refractivity contribution in [1.29, 1.82) is 0 Å². The molecule has 1 aliphatic heterocycles. The number of ether oxygens (including phenoxy) is 2. The summed E-state index contributed by atoms with van der Waals surface area (Å²) in [5, 5.41) is 23.4. The fraction of sp³-hybridized carbons (Fsp3) is 0.273. The second-order valence-corrected chi connectivity index (χ2v) is 8.53. The van der Waals surface area contributed by atoms with E-state index >= 15 is 0 Å². The quantitative estimate of drug-likeness (QED) is 0.369. The Morgan fingerprint density at radius 2 is 2.06 bits per heavy atom. The van der Waals surface area contributed by atoms with Crippen LogP contribution in [0.25, 0.3) is 11.4 Å². The van der Waals surface area contributed by atoms with Crippen molar-refractivity contribution in [1.82, 2.24) is 24.5 Å². The summed E-state index contributed by atoms with van der Waals surface area (Å²) in [6.45, 7) is 1.95. The molecule has 12 heteroatoms. The van der Waals surface area contributed by atoms with Crippen LogP contribution in [0, 0.1) is 6.92 Å². The molecule has 1 unspecified atom stereocenters. The Balaban J connectivity index is 1.71. The molecule has 2 N–H and O–H groups in total. The van der Waals surface area contributed by atoms with Crippen LogP contribution in [0.2, 0.25) is 0 Å². The molecule has 0 saturated carbocycles. The average molecular weight is 482 g/mol. The topological polar surface area (TPSA) is 135 Å². The molecule has 0 bridgehead atoms. The monoisotopic (exact) mass is 481 g/mol. The molecule has 4 rings (SSSR count). The number of methoxy groups -OCH3 is 2. The van der Waals surface area contributed by atoms with Crippen molar-refractivity contribution in [2.45, 2.75) is 13.3 Å². The molecule has 176 valence electrons. The van der Waals surface area contributed by atoms with Crippen LogP contribution in [0.1, 0.15) is 17.2 Å². The van der Waals surface area contributed by atoms with Gasteiger partial charge in [0.1, 0.15) is 22.9 Å². The molecular weight excluding hydrogens is 458 g/mol. The van der Waals surface area contributed by atoms with Crippen molar-refractivity contribution in [3.8, 4) is 17.2 Å². The van der Waals surface area contributed by atoms with E-state index in [9.17, 15) is 9.66 Å². The van der Waals surface area contributed by atoms with Crippen molar-refractivity contribution in [2.24, 2.45) is 12.0 Å². The molecule has 1 aliphatic rings. The molecule has 3 heterocycles. The standard InChI is InChI=1S/C22H23N7O4S/c1-14-13-15(26-28(14)2)11-12-34(31)27-22-25-24-21(16-7-5-10-19(23-16)33-4)29(22)20-17(30)8-6-9-18(20)32-3/h6,8-10,13,30H,11-12H2,1-4H3,(H,25,27). The minimum Gasteiger partial charge on any atom is -0.593 e. The number of aliphatic imine (C=N–C) groups is 1. The Bertz CT molecular complexity index is 1330. The minimum atomic E-state index is -1.53. The Labute approximate surface area is 199 Å². The van der Waals surface area contributed by atoms with E-state index in [0.29, 0.717) is 18.1 Å². The predicted molar refractivity (Wildman–Crippen MR) is 127 cm³/mol. The van der Waals surface area contributed by atoms with Crippen LogP contribution >= 0.6 is 0 Å². The number of aromatic nitrogens is 5. The fourth-order valence-electron chi connectivity index (χ4n) is 3.27. The molecule has 1 atom stereocenters. The van der Waals surface area contributed by atoms with Gasteiger partial charge >= 0.3 is 0 Å². The van der Waals surface area contributed by atoms with Crippen molar-refractivity contribution in [3.05, 3.63) is 59.0 Å². The molecule has 3 aromatic rings. The highest BCUT2D eigenvalue weighted by Crippen LogP contribution is 2.36. The fourth-order valence-corrected chi connectivity index (χ4v) is 4.10. The molecule has 0 aliphatic carbocycles. The summed E-state index contributed by atoms with van der Waals surface area (Å²) in [7, 11) is 4.82. The van der Waals surface area contributed by atoms with Crippen molar-refractivity contribution in [3.63, 3.8) is 0 Å². The number of para-hydroxylation sites is 1. The van der Waals surface area contributed by atoms with Crippen LogP contribution in [0.3, 0.4) is 0 Å². The van der Waals surface area contributed by atoms with Gasteiger partial charge in [-0.25, -0.2) is 9.56 Å². The summed E-state index contributed by atoms with van der Waals surface area (Å²) < 4.78 is 29.6. The maximum Gasteiger partial charge on any atom is 0.271 e. The summed E-state index contributed by atoms with van der Waals surface area (Å²) in [6.07, 6.45) is 2.03. The molecule has 2 aromatic heterocycles.